The maximum Gasteiger partial charge on any atom is 0.0429 e. The van der Waals surface area contributed by atoms with E-state index in [1.807, 2.05) is 0 Å². The monoisotopic (exact) mass is 277 g/mol. The predicted octanol–water partition coefficient (Wildman–Crippen LogP) is 4.98. The highest BCUT2D eigenvalue weighted by atomic mass is 15.1. The number of hydrogen-bond acceptors (Lipinski definition) is 1. The van der Waals surface area contributed by atoms with Crippen LogP contribution in [0.5, 0.6) is 0 Å². The summed E-state index contributed by atoms with van der Waals surface area (Å²) in [5.41, 5.74) is 4.49. The number of benzene rings is 2. The lowest BCUT2D eigenvalue weighted by atomic mass is 9.70. The van der Waals surface area contributed by atoms with Gasteiger partial charge in [-0.1, -0.05) is 55.0 Å². The minimum Gasteiger partial charge on any atom is -0.367 e. The van der Waals surface area contributed by atoms with Gasteiger partial charge >= 0.3 is 0 Å². The molecular formula is C20H23N. The third kappa shape index (κ3) is 2.46. The van der Waals surface area contributed by atoms with Crippen LogP contribution in [0.4, 0.5) is 5.69 Å². The molecule has 1 atom stereocenters. The first-order valence-electron chi connectivity index (χ1n) is 8.29. The van der Waals surface area contributed by atoms with Crippen molar-refractivity contribution in [3.63, 3.8) is 0 Å². The molecule has 0 bridgehead atoms. The van der Waals surface area contributed by atoms with Crippen molar-refractivity contribution in [1.29, 1.82) is 0 Å². The third-order valence-electron chi connectivity index (χ3n) is 5.32. The summed E-state index contributed by atoms with van der Waals surface area (Å²) in [6, 6.07) is 20.0. The lowest BCUT2D eigenvalue weighted by Crippen LogP contribution is -2.34. The first kappa shape index (κ1) is 12.9. The van der Waals surface area contributed by atoms with Gasteiger partial charge in [0.1, 0.15) is 0 Å². The van der Waals surface area contributed by atoms with Crippen molar-refractivity contribution in [2.24, 2.45) is 5.92 Å². The molecule has 0 amide bonds. The van der Waals surface area contributed by atoms with Gasteiger partial charge in [0.2, 0.25) is 0 Å². The van der Waals surface area contributed by atoms with Gasteiger partial charge in [0.15, 0.2) is 0 Å². The Hall–Kier alpha value is -1.76. The molecule has 1 aliphatic carbocycles. The van der Waals surface area contributed by atoms with Crippen molar-refractivity contribution < 1.29 is 0 Å². The molecule has 2 aromatic carbocycles. The molecule has 0 saturated heterocycles. The van der Waals surface area contributed by atoms with Crippen molar-refractivity contribution in [3.05, 3.63) is 65.7 Å². The van der Waals surface area contributed by atoms with E-state index in [0.717, 1.165) is 18.4 Å². The van der Waals surface area contributed by atoms with Crippen LogP contribution in [0.15, 0.2) is 54.6 Å². The van der Waals surface area contributed by atoms with Crippen molar-refractivity contribution in [2.45, 2.75) is 38.1 Å². The Morgan fingerprint density at radius 2 is 1.62 bits per heavy atom. The molecule has 2 aliphatic rings. The fourth-order valence-electron chi connectivity index (χ4n) is 3.96. The maximum absolute atomic E-state index is 2.57. The van der Waals surface area contributed by atoms with Gasteiger partial charge in [0, 0.05) is 18.8 Å². The van der Waals surface area contributed by atoms with E-state index in [1.165, 1.54) is 43.5 Å². The largest absolute Gasteiger partial charge is 0.367 e. The molecule has 1 heterocycles. The van der Waals surface area contributed by atoms with Gasteiger partial charge < -0.3 is 4.90 Å². The number of hydrogen-bond donors (Lipinski definition) is 0. The molecule has 4 rings (SSSR count). The zero-order valence-electron chi connectivity index (χ0n) is 12.5. The Morgan fingerprint density at radius 3 is 2.38 bits per heavy atom. The summed E-state index contributed by atoms with van der Waals surface area (Å²) in [7, 11) is 0. The van der Waals surface area contributed by atoms with Gasteiger partial charge in [-0.25, -0.2) is 0 Å². The Morgan fingerprint density at radius 1 is 0.857 bits per heavy atom. The third-order valence-corrected chi connectivity index (χ3v) is 5.32. The molecule has 2 aromatic rings. The second-order valence-corrected chi connectivity index (χ2v) is 6.55. The van der Waals surface area contributed by atoms with E-state index < -0.39 is 0 Å². The molecule has 1 aliphatic heterocycles. The van der Waals surface area contributed by atoms with Gasteiger partial charge in [0.25, 0.3) is 0 Å². The molecule has 1 fully saturated rings. The molecule has 0 N–H and O–H groups in total. The van der Waals surface area contributed by atoms with Crippen molar-refractivity contribution in [1.82, 2.24) is 0 Å². The van der Waals surface area contributed by atoms with Crippen molar-refractivity contribution >= 4 is 5.69 Å². The minimum absolute atomic E-state index is 0.807. The van der Waals surface area contributed by atoms with Gasteiger partial charge in [-0.05, 0) is 48.3 Å². The van der Waals surface area contributed by atoms with Crippen LogP contribution in [0.3, 0.4) is 0 Å². The highest BCUT2D eigenvalue weighted by Gasteiger charge is 2.33. The normalized spacial score (nSPS) is 21.7. The molecule has 0 aromatic heterocycles. The number of nitrogens with zero attached hydrogens (tertiary/aromatic N) is 1. The molecule has 21 heavy (non-hydrogen) atoms. The van der Waals surface area contributed by atoms with Gasteiger partial charge in [-0.15, -0.1) is 0 Å². The van der Waals surface area contributed by atoms with Gasteiger partial charge in [-0.2, -0.15) is 0 Å². The first-order valence-corrected chi connectivity index (χ1v) is 8.29. The summed E-state index contributed by atoms with van der Waals surface area (Å²) in [6.45, 7) is 2.24. The SMILES string of the molecule is c1ccc(CN2CC[C@H](C3CCC3)c3ccccc32)cc1. The molecule has 1 nitrogen and oxygen atoms in total. The van der Waals surface area contributed by atoms with E-state index in [-0.39, 0.29) is 0 Å². The Kier molecular flexibility index (Phi) is 3.42. The molecular weight excluding hydrogens is 254 g/mol. The number of rotatable bonds is 3. The quantitative estimate of drug-likeness (QED) is 0.764. The van der Waals surface area contributed by atoms with Crippen LogP contribution in [-0.2, 0) is 6.54 Å². The van der Waals surface area contributed by atoms with Crippen LogP contribution >= 0.6 is 0 Å². The Bertz CT molecular complexity index is 600. The predicted molar refractivity (Wildman–Crippen MR) is 88.6 cm³/mol. The van der Waals surface area contributed by atoms with Crippen LogP contribution < -0.4 is 4.90 Å². The molecule has 1 heteroatoms. The topological polar surface area (TPSA) is 3.24 Å². The van der Waals surface area contributed by atoms with Crippen LogP contribution in [-0.4, -0.2) is 6.54 Å². The minimum atomic E-state index is 0.807. The molecule has 0 radical (unpaired) electrons. The van der Waals surface area contributed by atoms with E-state index in [2.05, 4.69) is 59.5 Å². The smallest absolute Gasteiger partial charge is 0.0429 e. The second kappa shape index (κ2) is 5.55. The summed E-state index contributed by atoms with van der Waals surface area (Å²) in [6.07, 6.45) is 5.65. The summed E-state index contributed by atoms with van der Waals surface area (Å²) in [5, 5.41) is 0. The highest BCUT2D eigenvalue weighted by molar-refractivity contribution is 5.57. The van der Waals surface area contributed by atoms with Crippen LogP contribution in [0.1, 0.15) is 42.7 Å². The van der Waals surface area contributed by atoms with Crippen LogP contribution in [0, 0.1) is 5.92 Å². The van der Waals surface area contributed by atoms with E-state index >= 15 is 0 Å². The van der Waals surface area contributed by atoms with E-state index in [9.17, 15) is 0 Å². The van der Waals surface area contributed by atoms with Crippen LogP contribution in [0.2, 0.25) is 0 Å². The van der Waals surface area contributed by atoms with Crippen molar-refractivity contribution in [2.75, 3.05) is 11.4 Å². The maximum atomic E-state index is 2.57. The Labute approximate surface area is 127 Å². The van der Waals surface area contributed by atoms with Gasteiger partial charge in [0.05, 0.1) is 0 Å². The fourth-order valence-corrected chi connectivity index (χ4v) is 3.96. The van der Waals surface area contributed by atoms with E-state index in [1.54, 1.807) is 5.56 Å². The first-order chi connectivity index (χ1) is 10.4. The summed E-state index contributed by atoms with van der Waals surface area (Å²) in [5.74, 6) is 1.76. The fraction of sp³-hybridized carbons (Fsp3) is 0.400. The van der Waals surface area contributed by atoms with Gasteiger partial charge in [-0.3, -0.25) is 0 Å². The zero-order chi connectivity index (χ0) is 14.1. The lowest BCUT2D eigenvalue weighted by molar-refractivity contribution is 0.248. The molecule has 108 valence electrons. The molecule has 0 spiro atoms. The van der Waals surface area contributed by atoms with E-state index in [4.69, 9.17) is 0 Å². The van der Waals surface area contributed by atoms with Crippen molar-refractivity contribution in [3.8, 4) is 0 Å². The lowest BCUT2D eigenvalue weighted by Gasteiger charge is -2.42. The number of fused-ring (bicyclic) bond motifs is 1. The Balaban J connectivity index is 1.61. The number of anilines is 1. The average Bonchev–Trinajstić information content (AvgIpc) is 2.49. The summed E-state index contributed by atoms with van der Waals surface area (Å²) in [4.78, 5) is 2.57. The number of para-hydroxylation sites is 1. The van der Waals surface area contributed by atoms with Crippen LogP contribution in [0.25, 0.3) is 0 Å². The average molecular weight is 277 g/mol. The second-order valence-electron chi connectivity index (χ2n) is 6.55. The molecule has 0 unspecified atom stereocenters. The zero-order valence-corrected chi connectivity index (χ0v) is 12.5. The standard InChI is InChI=1S/C20H23N/c1-2-7-16(8-3-1)15-21-14-13-18(17-9-6-10-17)19-11-4-5-12-20(19)21/h1-5,7-8,11-12,17-18H,6,9-10,13-15H2/t18-/m1/s1. The molecule has 1 saturated carbocycles. The highest BCUT2D eigenvalue weighted by Crippen LogP contribution is 2.46. The van der Waals surface area contributed by atoms with E-state index in [0.29, 0.717) is 0 Å². The summed E-state index contributed by atoms with van der Waals surface area (Å²) >= 11 is 0. The summed E-state index contributed by atoms with van der Waals surface area (Å²) < 4.78 is 0.